The molecule has 0 aliphatic carbocycles. The second-order valence-electron chi connectivity index (χ2n) is 4.54. The van der Waals surface area contributed by atoms with Crippen LogP contribution in [0.15, 0.2) is 30.3 Å². The van der Waals surface area contributed by atoms with Gasteiger partial charge in [0.15, 0.2) is 0 Å². The number of hydrogen-bond donors (Lipinski definition) is 1. The lowest BCUT2D eigenvalue weighted by Gasteiger charge is -2.18. The van der Waals surface area contributed by atoms with Gasteiger partial charge >= 0.3 is 0 Å². The van der Waals surface area contributed by atoms with Crippen molar-refractivity contribution in [2.45, 2.75) is 26.3 Å². The van der Waals surface area contributed by atoms with Gasteiger partial charge in [0.25, 0.3) is 0 Å². The van der Waals surface area contributed by atoms with Crippen molar-refractivity contribution in [2.75, 3.05) is 13.7 Å². The molecule has 0 spiro atoms. The summed E-state index contributed by atoms with van der Waals surface area (Å²) < 4.78 is 19.3. The van der Waals surface area contributed by atoms with Gasteiger partial charge in [-0.05, 0) is 31.2 Å². The summed E-state index contributed by atoms with van der Waals surface area (Å²) in [5.41, 5.74) is 0.664. The van der Waals surface area contributed by atoms with Gasteiger partial charge in [0.1, 0.15) is 11.6 Å². The monoisotopic (exact) mass is 293 g/mol. The Morgan fingerprint density at radius 2 is 2.05 bits per heavy atom. The quantitative estimate of drug-likeness (QED) is 0.863. The molecule has 0 fully saturated rings. The summed E-state index contributed by atoms with van der Waals surface area (Å²) in [5, 5.41) is 3.36. The second kappa shape index (κ2) is 6.86. The highest BCUT2D eigenvalue weighted by Gasteiger charge is 2.19. The molecule has 1 aromatic carbocycles. The van der Waals surface area contributed by atoms with Crippen molar-refractivity contribution in [3.8, 4) is 5.75 Å². The maximum absolute atomic E-state index is 14.3. The molecule has 0 aliphatic heterocycles. The molecule has 1 N–H and O–H groups in total. The Hall–Kier alpha value is -1.39. The van der Waals surface area contributed by atoms with Crippen molar-refractivity contribution in [1.29, 1.82) is 0 Å². The molecule has 1 heterocycles. The van der Waals surface area contributed by atoms with Crippen LogP contribution in [0.3, 0.4) is 0 Å². The van der Waals surface area contributed by atoms with Crippen LogP contribution in [-0.2, 0) is 6.42 Å². The van der Waals surface area contributed by atoms with Crippen LogP contribution in [-0.4, -0.2) is 13.7 Å². The van der Waals surface area contributed by atoms with Gasteiger partial charge in [0.2, 0.25) is 0 Å². The van der Waals surface area contributed by atoms with Crippen molar-refractivity contribution in [3.63, 3.8) is 0 Å². The molecule has 0 bridgehead atoms. The van der Waals surface area contributed by atoms with Gasteiger partial charge in [-0.25, -0.2) is 4.39 Å². The zero-order valence-corrected chi connectivity index (χ0v) is 12.9. The third kappa shape index (κ3) is 3.19. The third-order valence-electron chi connectivity index (χ3n) is 3.24. The van der Waals surface area contributed by atoms with Crippen molar-refractivity contribution < 1.29 is 9.13 Å². The number of hydrogen-bond acceptors (Lipinski definition) is 3. The Balaban J connectivity index is 2.37. The van der Waals surface area contributed by atoms with Crippen LogP contribution >= 0.6 is 11.3 Å². The fraction of sp³-hybridized carbons (Fsp3) is 0.375. The van der Waals surface area contributed by atoms with E-state index in [-0.39, 0.29) is 11.9 Å². The summed E-state index contributed by atoms with van der Waals surface area (Å²) in [6, 6.07) is 9.14. The van der Waals surface area contributed by atoms with E-state index in [1.54, 1.807) is 30.6 Å². The van der Waals surface area contributed by atoms with E-state index in [9.17, 15) is 4.39 Å². The lowest BCUT2D eigenvalue weighted by atomic mass is 10.0. The van der Waals surface area contributed by atoms with Crippen molar-refractivity contribution in [1.82, 2.24) is 5.32 Å². The van der Waals surface area contributed by atoms with Gasteiger partial charge in [-0.15, -0.1) is 11.3 Å². The molecule has 0 aliphatic rings. The zero-order valence-electron chi connectivity index (χ0n) is 12.1. The number of benzene rings is 1. The summed E-state index contributed by atoms with van der Waals surface area (Å²) >= 11 is 1.73. The second-order valence-corrected chi connectivity index (χ2v) is 5.74. The minimum absolute atomic E-state index is 0.101. The van der Waals surface area contributed by atoms with Crippen LogP contribution in [0.5, 0.6) is 5.75 Å². The van der Waals surface area contributed by atoms with Crippen LogP contribution in [0.2, 0.25) is 0 Å². The Bertz CT molecular complexity index is 567. The highest BCUT2D eigenvalue weighted by molar-refractivity contribution is 7.12. The first kappa shape index (κ1) is 15.0. The summed E-state index contributed by atoms with van der Waals surface area (Å²) in [6.07, 6.45) is 1.01. The van der Waals surface area contributed by atoms with Crippen molar-refractivity contribution >= 4 is 11.3 Å². The molecule has 1 aromatic heterocycles. The van der Waals surface area contributed by atoms with E-state index in [0.29, 0.717) is 11.3 Å². The van der Waals surface area contributed by atoms with Gasteiger partial charge in [-0.2, -0.15) is 0 Å². The average Bonchev–Trinajstić information content (AvgIpc) is 2.94. The lowest BCUT2D eigenvalue weighted by Crippen LogP contribution is -2.22. The molecule has 20 heavy (non-hydrogen) atoms. The standard InChI is InChI=1S/C16H20FNOS/c1-4-12-7-9-15(20-12)16(18-5-2)13-8-6-11(19-3)10-14(13)17/h6-10,16,18H,4-5H2,1-3H3. The fourth-order valence-electron chi connectivity index (χ4n) is 2.18. The van der Waals surface area contributed by atoms with Crippen molar-refractivity contribution in [2.24, 2.45) is 0 Å². The maximum atomic E-state index is 14.3. The van der Waals surface area contributed by atoms with Crippen LogP contribution in [0, 0.1) is 5.82 Å². The number of thiophene rings is 1. The SMILES string of the molecule is CCNC(c1ccc(CC)s1)c1ccc(OC)cc1F. The predicted octanol–water partition coefficient (Wildman–Crippen LogP) is 4.16. The minimum atomic E-state index is -0.234. The largest absolute Gasteiger partial charge is 0.497 e. The molecule has 0 saturated heterocycles. The Morgan fingerprint density at radius 3 is 2.60 bits per heavy atom. The van der Waals surface area contributed by atoms with Gasteiger partial charge in [0.05, 0.1) is 13.2 Å². The summed E-state index contributed by atoms with van der Waals surface area (Å²) in [6.45, 7) is 4.95. The molecule has 0 saturated carbocycles. The van der Waals surface area contributed by atoms with Crippen molar-refractivity contribution in [3.05, 3.63) is 51.5 Å². The number of ether oxygens (including phenoxy) is 1. The summed E-state index contributed by atoms with van der Waals surface area (Å²) in [4.78, 5) is 2.46. The molecule has 108 valence electrons. The Labute approximate surface area is 123 Å². The molecular weight excluding hydrogens is 273 g/mol. The summed E-state index contributed by atoms with van der Waals surface area (Å²) in [7, 11) is 1.54. The Kier molecular flexibility index (Phi) is 5.15. The number of halogens is 1. The molecule has 0 radical (unpaired) electrons. The molecule has 1 unspecified atom stereocenters. The Morgan fingerprint density at radius 1 is 1.25 bits per heavy atom. The zero-order chi connectivity index (χ0) is 14.5. The van der Waals surface area contributed by atoms with E-state index in [2.05, 4.69) is 24.4 Å². The third-order valence-corrected chi connectivity index (χ3v) is 4.54. The molecule has 4 heteroatoms. The highest BCUT2D eigenvalue weighted by Crippen LogP contribution is 2.31. The van der Waals surface area contributed by atoms with E-state index in [1.807, 2.05) is 6.92 Å². The first-order chi connectivity index (χ1) is 9.69. The first-order valence-electron chi connectivity index (χ1n) is 6.85. The average molecular weight is 293 g/mol. The minimum Gasteiger partial charge on any atom is -0.497 e. The fourth-order valence-corrected chi connectivity index (χ4v) is 3.22. The van der Waals surface area contributed by atoms with E-state index < -0.39 is 0 Å². The van der Waals surface area contributed by atoms with Gasteiger partial charge < -0.3 is 10.1 Å². The van der Waals surface area contributed by atoms with Crippen LogP contribution in [0.25, 0.3) is 0 Å². The predicted molar refractivity (Wildman–Crippen MR) is 82.2 cm³/mol. The number of methoxy groups -OCH3 is 1. The van der Waals surface area contributed by atoms with E-state index in [0.717, 1.165) is 17.8 Å². The molecule has 2 aromatic rings. The summed E-state index contributed by atoms with van der Waals surface area (Å²) in [5.74, 6) is 0.309. The van der Waals surface area contributed by atoms with E-state index >= 15 is 0 Å². The molecule has 2 rings (SSSR count). The smallest absolute Gasteiger partial charge is 0.132 e. The van der Waals surface area contributed by atoms with Crippen LogP contribution in [0.4, 0.5) is 4.39 Å². The molecule has 1 atom stereocenters. The highest BCUT2D eigenvalue weighted by atomic mass is 32.1. The van der Waals surface area contributed by atoms with Gasteiger partial charge in [-0.3, -0.25) is 0 Å². The topological polar surface area (TPSA) is 21.3 Å². The normalized spacial score (nSPS) is 12.4. The van der Waals surface area contributed by atoms with Gasteiger partial charge in [-0.1, -0.05) is 19.9 Å². The van der Waals surface area contributed by atoms with E-state index in [1.165, 1.54) is 10.9 Å². The van der Waals surface area contributed by atoms with E-state index in [4.69, 9.17) is 4.74 Å². The maximum Gasteiger partial charge on any atom is 0.132 e. The molecule has 2 nitrogen and oxygen atoms in total. The first-order valence-corrected chi connectivity index (χ1v) is 7.66. The number of nitrogens with one attached hydrogen (secondary N) is 1. The molecule has 0 amide bonds. The molecular formula is C16H20FNOS. The number of aryl methyl sites for hydroxylation is 1. The lowest BCUT2D eigenvalue weighted by molar-refractivity contribution is 0.410. The van der Waals surface area contributed by atoms with Gasteiger partial charge in [0, 0.05) is 21.4 Å². The van der Waals surface area contributed by atoms with Crippen LogP contribution in [0.1, 0.15) is 35.2 Å². The number of rotatable bonds is 6. The van der Waals surface area contributed by atoms with Crippen LogP contribution < -0.4 is 10.1 Å².